The normalized spacial score (nSPS) is 9.94. The van der Waals surface area contributed by atoms with Crippen LogP contribution in [0.2, 0.25) is 0 Å². The first kappa shape index (κ1) is 11.4. The van der Waals surface area contributed by atoms with E-state index in [1.807, 2.05) is 60.7 Å². The van der Waals surface area contributed by atoms with Crippen LogP contribution in [0, 0.1) is 6.92 Å². The van der Waals surface area contributed by atoms with E-state index in [-0.39, 0.29) is 5.91 Å². The molecular weight excluding hydrogens is 210 g/mol. The van der Waals surface area contributed by atoms with E-state index >= 15 is 0 Å². The second-order valence-corrected chi connectivity index (χ2v) is 3.66. The van der Waals surface area contributed by atoms with Crippen molar-refractivity contribution < 1.29 is 4.79 Å². The van der Waals surface area contributed by atoms with E-state index in [1.165, 1.54) is 0 Å². The van der Waals surface area contributed by atoms with Crippen molar-refractivity contribution in [3.63, 3.8) is 0 Å². The first-order valence-corrected chi connectivity index (χ1v) is 5.54. The molecule has 0 spiro atoms. The molecule has 17 heavy (non-hydrogen) atoms. The monoisotopic (exact) mass is 224 g/mol. The minimum absolute atomic E-state index is 0.0215. The van der Waals surface area contributed by atoms with Gasteiger partial charge in [0, 0.05) is 17.8 Å². The number of hydrogen-bond donors (Lipinski definition) is 0. The zero-order valence-corrected chi connectivity index (χ0v) is 9.54. The van der Waals surface area contributed by atoms with Crippen molar-refractivity contribution in [2.45, 2.75) is 0 Å². The molecule has 2 aromatic carbocycles. The Kier molecular flexibility index (Phi) is 3.55. The Balaban J connectivity index is 2.29. The van der Waals surface area contributed by atoms with E-state index in [4.69, 9.17) is 0 Å². The summed E-state index contributed by atoms with van der Waals surface area (Å²) in [5, 5.41) is 0. The van der Waals surface area contributed by atoms with Crippen LogP contribution in [-0.2, 0) is 0 Å². The van der Waals surface area contributed by atoms with Gasteiger partial charge < -0.3 is 4.90 Å². The molecule has 0 aliphatic carbocycles. The van der Waals surface area contributed by atoms with E-state index in [0.717, 1.165) is 5.69 Å². The molecule has 0 aromatic heterocycles. The number of benzene rings is 2. The van der Waals surface area contributed by atoms with E-state index < -0.39 is 0 Å². The summed E-state index contributed by atoms with van der Waals surface area (Å²) >= 11 is 0. The molecule has 0 N–H and O–H groups in total. The Labute approximate surface area is 102 Å². The number of para-hydroxylation sites is 1. The zero-order chi connectivity index (χ0) is 12.1. The van der Waals surface area contributed by atoms with Crippen LogP contribution in [-0.4, -0.2) is 12.5 Å². The minimum atomic E-state index is -0.0215. The van der Waals surface area contributed by atoms with Crippen molar-refractivity contribution in [3.05, 3.63) is 73.2 Å². The third-order valence-corrected chi connectivity index (χ3v) is 2.56. The van der Waals surface area contributed by atoms with Gasteiger partial charge in [-0.1, -0.05) is 36.4 Å². The molecule has 0 bridgehead atoms. The maximum Gasteiger partial charge on any atom is 0.258 e. The quantitative estimate of drug-likeness (QED) is 0.784. The number of rotatable bonds is 3. The van der Waals surface area contributed by atoms with Crippen LogP contribution in [0.1, 0.15) is 10.4 Å². The Morgan fingerprint density at radius 2 is 1.47 bits per heavy atom. The van der Waals surface area contributed by atoms with Gasteiger partial charge in [-0.3, -0.25) is 4.79 Å². The lowest BCUT2D eigenvalue weighted by Crippen LogP contribution is -2.30. The van der Waals surface area contributed by atoms with Crippen LogP contribution < -0.4 is 4.90 Å². The Morgan fingerprint density at radius 1 is 0.941 bits per heavy atom. The SMILES string of the molecule is [CH2]CN(C(=O)c1ccccc1)c1ccccc1. The Hall–Kier alpha value is -2.09. The number of anilines is 1. The second-order valence-electron chi connectivity index (χ2n) is 3.66. The van der Waals surface area contributed by atoms with E-state index in [0.29, 0.717) is 12.1 Å². The zero-order valence-electron chi connectivity index (χ0n) is 9.54. The van der Waals surface area contributed by atoms with Gasteiger partial charge in [0.05, 0.1) is 0 Å². The van der Waals surface area contributed by atoms with Gasteiger partial charge in [0.25, 0.3) is 5.91 Å². The van der Waals surface area contributed by atoms with Crippen LogP contribution in [0.15, 0.2) is 60.7 Å². The number of hydrogen-bond acceptors (Lipinski definition) is 1. The van der Waals surface area contributed by atoms with Gasteiger partial charge in [-0.2, -0.15) is 0 Å². The van der Waals surface area contributed by atoms with Crippen molar-refractivity contribution in [3.8, 4) is 0 Å². The Morgan fingerprint density at radius 3 is 2.00 bits per heavy atom. The molecule has 0 fully saturated rings. The van der Waals surface area contributed by atoms with E-state index in [2.05, 4.69) is 6.92 Å². The van der Waals surface area contributed by atoms with Crippen molar-refractivity contribution in [1.82, 2.24) is 0 Å². The molecule has 85 valence electrons. The summed E-state index contributed by atoms with van der Waals surface area (Å²) < 4.78 is 0. The van der Waals surface area contributed by atoms with Crippen molar-refractivity contribution in [2.75, 3.05) is 11.4 Å². The number of amides is 1. The van der Waals surface area contributed by atoms with Crippen LogP contribution in [0.4, 0.5) is 5.69 Å². The van der Waals surface area contributed by atoms with Gasteiger partial charge in [0.1, 0.15) is 0 Å². The molecule has 2 rings (SSSR count). The average Bonchev–Trinajstić information content (AvgIpc) is 2.42. The van der Waals surface area contributed by atoms with Gasteiger partial charge in [0.15, 0.2) is 0 Å². The van der Waals surface area contributed by atoms with Crippen LogP contribution in [0.3, 0.4) is 0 Å². The molecule has 2 nitrogen and oxygen atoms in total. The predicted octanol–water partition coefficient (Wildman–Crippen LogP) is 3.17. The summed E-state index contributed by atoms with van der Waals surface area (Å²) in [6, 6.07) is 18.8. The first-order valence-electron chi connectivity index (χ1n) is 5.54. The summed E-state index contributed by atoms with van der Waals surface area (Å²) in [7, 11) is 0. The highest BCUT2D eigenvalue weighted by molar-refractivity contribution is 6.06. The molecular formula is C15H14NO. The molecule has 0 heterocycles. The van der Waals surface area contributed by atoms with Crippen molar-refractivity contribution in [1.29, 1.82) is 0 Å². The highest BCUT2D eigenvalue weighted by Gasteiger charge is 2.14. The molecule has 2 aromatic rings. The van der Waals surface area contributed by atoms with Crippen LogP contribution >= 0.6 is 0 Å². The largest absolute Gasteiger partial charge is 0.308 e. The maximum atomic E-state index is 12.3. The van der Waals surface area contributed by atoms with Gasteiger partial charge in [-0.25, -0.2) is 0 Å². The fourth-order valence-electron chi connectivity index (χ4n) is 1.69. The molecule has 0 aliphatic rings. The lowest BCUT2D eigenvalue weighted by atomic mass is 10.2. The van der Waals surface area contributed by atoms with Crippen LogP contribution in [0.5, 0.6) is 0 Å². The fourth-order valence-corrected chi connectivity index (χ4v) is 1.69. The van der Waals surface area contributed by atoms with Gasteiger partial charge in [-0.05, 0) is 31.2 Å². The average molecular weight is 224 g/mol. The van der Waals surface area contributed by atoms with E-state index in [1.54, 1.807) is 4.90 Å². The van der Waals surface area contributed by atoms with E-state index in [9.17, 15) is 4.79 Å². The number of carbonyl (C=O) groups excluding carboxylic acids is 1. The summed E-state index contributed by atoms with van der Waals surface area (Å²) in [5.41, 5.74) is 1.55. The topological polar surface area (TPSA) is 20.3 Å². The lowest BCUT2D eigenvalue weighted by molar-refractivity contribution is 0.0989. The third kappa shape index (κ3) is 2.53. The van der Waals surface area contributed by atoms with Crippen molar-refractivity contribution in [2.24, 2.45) is 0 Å². The summed E-state index contributed by atoms with van der Waals surface area (Å²) in [5.74, 6) is -0.0215. The minimum Gasteiger partial charge on any atom is -0.308 e. The second kappa shape index (κ2) is 5.30. The molecule has 0 atom stereocenters. The summed E-state index contributed by atoms with van der Waals surface area (Å²) in [6.07, 6.45) is 0. The molecule has 2 heteroatoms. The standard InChI is InChI=1S/C15H14NO/c1-2-16(14-11-7-4-8-12-14)15(17)13-9-5-3-6-10-13/h3-12H,1-2H2. The highest BCUT2D eigenvalue weighted by Crippen LogP contribution is 2.16. The lowest BCUT2D eigenvalue weighted by Gasteiger charge is -2.20. The third-order valence-electron chi connectivity index (χ3n) is 2.56. The smallest absolute Gasteiger partial charge is 0.258 e. The molecule has 1 radical (unpaired) electrons. The number of carbonyl (C=O) groups is 1. The molecule has 0 aliphatic heterocycles. The first-order chi connectivity index (χ1) is 8.33. The molecule has 0 unspecified atom stereocenters. The molecule has 1 amide bonds. The predicted molar refractivity (Wildman–Crippen MR) is 69.9 cm³/mol. The van der Waals surface area contributed by atoms with Crippen LogP contribution in [0.25, 0.3) is 0 Å². The maximum absolute atomic E-state index is 12.3. The molecule has 0 saturated heterocycles. The molecule has 0 saturated carbocycles. The fraction of sp³-hybridized carbons (Fsp3) is 0.0667. The highest BCUT2D eigenvalue weighted by atomic mass is 16.2. The van der Waals surface area contributed by atoms with Crippen molar-refractivity contribution >= 4 is 11.6 Å². The van der Waals surface area contributed by atoms with Gasteiger partial charge in [0.2, 0.25) is 0 Å². The van der Waals surface area contributed by atoms with Gasteiger partial charge >= 0.3 is 0 Å². The Bertz CT molecular complexity index is 479. The summed E-state index contributed by atoms with van der Waals surface area (Å²) in [6.45, 7) is 4.23. The van der Waals surface area contributed by atoms with Gasteiger partial charge in [-0.15, -0.1) is 0 Å². The summed E-state index contributed by atoms with van der Waals surface area (Å²) in [4.78, 5) is 13.9. The number of nitrogens with zero attached hydrogens (tertiary/aromatic N) is 1.